The van der Waals surface area contributed by atoms with Gasteiger partial charge in [-0.05, 0) is 60.7 Å². The lowest BCUT2D eigenvalue weighted by molar-refractivity contribution is -0.384. The number of hydrogen-bond acceptors (Lipinski definition) is 7. The first-order valence-electron chi connectivity index (χ1n) is 9.29. The zero-order valence-corrected chi connectivity index (χ0v) is 16.8. The van der Waals surface area contributed by atoms with Gasteiger partial charge in [-0.2, -0.15) is 0 Å². The van der Waals surface area contributed by atoms with Crippen LogP contribution in [0.1, 0.15) is 28.0 Å². The van der Waals surface area contributed by atoms with Crippen LogP contribution in [-0.4, -0.2) is 21.8 Å². The largest absolute Gasteiger partial charge is 0.475 e. The van der Waals surface area contributed by atoms with Crippen molar-refractivity contribution in [3.05, 3.63) is 94.4 Å². The molecule has 0 saturated heterocycles. The molecule has 0 atom stereocenters. The van der Waals surface area contributed by atoms with Crippen LogP contribution >= 0.6 is 0 Å². The zero-order chi connectivity index (χ0) is 23.3. The number of nitrogen functional groups attached to an aromatic ring is 1. The third-order valence-electron chi connectivity index (χ3n) is 4.33. The Kier molecular flexibility index (Phi) is 6.50. The van der Waals surface area contributed by atoms with Gasteiger partial charge in [0, 0.05) is 35.9 Å². The lowest BCUT2D eigenvalue weighted by Crippen LogP contribution is -1.91. The van der Waals surface area contributed by atoms with E-state index in [1.807, 2.05) is 12.1 Å². The van der Waals surface area contributed by atoms with Gasteiger partial charge in [0.15, 0.2) is 11.5 Å². The smallest absolute Gasteiger partial charge is 0.371 e. The second-order valence-electron chi connectivity index (χ2n) is 6.62. The number of rotatable bonds is 5. The van der Waals surface area contributed by atoms with Crippen molar-refractivity contribution in [1.29, 1.82) is 0 Å². The number of Topliss-reactive ketones (excluding diaryl/α,β-unsaturated/α-hetero) is 1. The molecule has 0 saturated carbocycles. The third-order valence-corrected chi connectivity index (χ3v) is 4.33. The summed E-state index contributed by atoms with van der Waals surface area (Å²) in [5.74, 6) is 0.0209. The number of nitrogens with two attached hydrogens (primary N) is 1. The monoisotopic (exact) mass is 434 g/mol. The van der Waals surface area contributed by atoms with Gasteiger partial charge in [-0.15, -0.1) is 0 Å². The van der Waals surface area contributed by atoms with Crippen molar-refractivity contribution in [3.8, 4) is 22.6 Å². The van der Waals surface area contributed by atoms with Crippen LogP contribution in [0.15, 0.2) is 81.6 Å². The van der Waals surface area contributed by atoms with Crippen molar-refractivity contribution in [2.24, 2.45) is 0 Å². The van der Waals surface area contributed by atoms with Crippen molar-refractivity contribution >= 4 is 23.1 Å². The highest BCUT2D eigenvalue weighted by molar-refractivity contribution is 5.91. The normalized spacial score (nSPS) is 10.2. The van der Waals surface area contributed by atoms with E-state index in [2.05, 4.69) is 0 Å². The second-order valence-corrected chi connectivity index (χ2v) is 6.62. The molecule has 2 aromatic heterocycles. The molecule has 9 heteroatoms. The number of carboxylic acids is 1. The van der Waals surface area contributed by atoms with Gasteiger partial charge in [-0.1, -0.05) is 0 Å². The molecule has 162 valence electrons. The van der Waals surface area contributed by atoms with Crippen LogP contribution in [0.4, 0.5) is 11.4 Å². The number of carboxylic acid groups (broad SMARTS) is 1. The van der Waals surface area contributed by atoms with E-state index in [4.69, 9.17) is 19.7 Å². The van der Waals surface area contributed by atoms with Crippen molar-refractivity contribution in [2.45, 2.75) is 6.92 Å². The molecule has 0 aliphatic rings. The number of anilines is 1. The molecule has 0 amide bonds. The fourth-order valence-electron chi connectivity index (χ4n) is 2.69. The average molecular weight is 434 g/mol. The number of nitro groups is 1. The Labute approximate surface area is 181 Å². The number of furan rings is 2. The van der Waals surface area contributed by atoms with Crippen molar-refractivity contribution < 1.29 is 28.5 Å². The minimum absolute atomic E-state index is 0.0289. The molecule has 4 aromatic rings. The van der Waals surface area contributed by atoms with E-state index >= 15 is 0 Å². The number of carbonyl (C=O) groups excluding carboxylic acids is 1. The summed E-state index contributed by atoms with van der Waals surface area (Å²) in [6.45, 7) is 1.48. The molecule has 32 heavy (non-hydrogen) atoms. The summed E-state index contributed by atoms with van der Waals surface area (Å²) in [4.78, 5) is 31.6. The molecule has 2 aromatic carbocycles. The first-order chi connectivity index (χ1) is 15.2. The molecule has 0 fully saturated rings. The van der Waals surface area contributed by atoms with E-state index in [0.29, 0.717) is 28.5 Å². The maximum absolute atomic E-state index is 11.0. The number of hydrogen-bond donors (Lipinski definition) is 2. The molecule has 3 N–H and O–H groups in total. The molecule has 0 aliphatic heterocycles. The van der Waals surface area contributed by atoms with Crippen LogP contribution in [0.5, 0.6) is 0 Å². The molecule has 2 heterocycles. The summed E-state index contributed by atoms with van der Waals surface area (Å²) >= 11 is 0. The van der Waals surface area contributed by atoms with E-state index < -0.39 is 10.9 Å². The van der Waals surface area contributed by atoms with Gasteiger partial charge in [0.25, 0.3) is 5.69 Å². The van der Waals surface area contributed by atoms with E-state index in [0.717, 1.165) is 5.56 Å². The quantitative estimate of drug-likeness (QED) is 0.186. The molecular formula is C23H18N2O7. The van der Waals surface area contributed by atoms with E-state index in [1.165, 1.54) is 43.3 Å². The number of benzene rings is 2. The van der Waals surface area contributed by atoms with E-state index in [-0.39, 0.29) is 17.2 Å². The lowest BCUT2D eigenvalue weighted by atomic mass is 10.1. The summed E-state index contributed by atoms with van der Waals surface area (Å²) in [6, 6.07) is 19.3. The third kappa shape index (κ3) is 5.28. The van der Waals surface area contributed by atoms with Crippen molar-refractivity contribution in [2.75, 3.05) is 5.73 Å². The second kappa shape index (κ2) is 9.43. The Morgan fingerprint density at radius 3 is 1.69 bits per heavy atom. The highest BCUT2D eigenvalue weighted by atomic mass is 16.6. The van der Waals surface area contributed by atoms with Gasteiger partial charge >= 0.3 is 5.97 Å². The minimum Gasteiger partial charge on any atom is -0.475 e. The van der Waals surface area contributed by atoms with Crippen LogP contribution in [0.25, 0.3) is 22.6 Å². The summed E-state index contributed by atoms with van der Waals surface area (Å²) in [7, 11) is 0. The number of aromatic carboxylic acids is 1. The molecule has 9 nitrogen and oxygen atoms in total. The Balaban J connectivity index is 0.000000182. The van der Waals surface area contributed by atoms with Crippen molar-refractivity contribution in [3.63, 3.8) is 0 Å². The van der Waals surface area contributed by atoms with Gasteiger partial charge < -0.3 is 19.7 Å². The van der Waals surface area contributed by atoms with E-state index in [1.54, 1.807) is 24.3 Å². The number of nitrogens with zero attached hydrogens (tertiary/aromatic N) is 1. The first-order valence-corrected chi connectivity index (χ1v) is 9.29. The highest BCUT2D eigenvalue weighted by Gasteiger charge is 2.11. The van der Waals surface area contributed by atoms with Gasteiger partial charge in [-0.3, -0.25) is 14.9 Å². The van der Waals surface area contributed by atoms with Gasteiger partial charge in [-0.25, -0.2) is 4.79 Å². The number of ketones is 1. The molecule has 0 radical (unpaired) electrons. The number of non-ortho nitro benzene ring substituents is 1. The summed E-state index contributed by atoms with van der Waals surface area (Å²) < 4.78 is 10.4. The molecule has 0 spiro atoms. The highest BCUT2D eigenvalue weighted by Crippen LogP contribution is 2.25. The standard InChI is InChI=1S/C12H11NO2.C11H7NO5/c1-8(14)11-6-7-12(15-11)9-2-4-10(13)5-3-9;13-11(14)10-6-5-9(17-10)7-1-3-8(4-2-7)12(15)16/h2-7H,13H2,1H3;1-6H,(H,13,14). The number of carbonyl (C=O) groups is 2. The fourth-order valence-corrected chi connectivity index (χ4v) is 2.69. The molecule has 4 rings (SSSR count). The Bertz CT molecular complexity index is 1250. The van der Waals surface area contributed by atoms with Crippen LogP contribution in [0, 0.1) is 10.1 Å². The van der Waals surface area contributed by atoms with E-state index in [9.17, 15) is 19.7 Å². The Morgan fingerprint density at radius 2 is 1.28 bits per heavy atom. The first kappa shape index (κ1) is 22.0. The van der Waals surface area contributed by atoms with Crippen LogP contribution in [-0.2, 0) is 0 Å². The van der Waals surface area contributed by atoms with Gasteiger partial charge in [0.05, 0.1) is 4.92 Å². The fraction of sp³-hybridized carbons (Fsp3) is 0.0435. The Hall–Kier alpha value is -4.66. The summed E-state index contributed by atoms with van der Waals surface area (Å²) in [6.07, 6.45) is 0. The summed E-state index contributed by atoms with van der Waals surface area (Å²) in [5.41, 5.74) is 7.75. The van der Waals surface area contributed by atoms with Crippen molar-refractivity contribution in [1.82, 2.24) is 0 Å². The topological polar surface area (TPSA) is 150 Å². The average Bonchev–Trinajstić information content (AvgIpc) is 3.45. The van der Waals surface area contributed by atoms with Gasteiger partial charge in [0.2, 0.25) is 5.76 Å². The number of nitro benzene ring substituents is 1. The molecule has 0 unspecified atom stereocenters. The predicted molar refractivity (Wildman–Crippen MR) is 116 cm³/mol. The maximum Gasteiger partial charge on any atom is 0.371 e. The minimum atomic E-state index is -1.15. The van der Waals surface area contributed by atoms with Crippen LogP contribution in [0.3, 0.4) is 0 Å². The maximum atomic E-state index is 11.0. The summed E-state index contributed by atoms with van der Waals surface area (Å²) in [5, 5.41) is 19.1. The van der Waals surface area contributed by atoms with Crippen LogP contribution in [0.2, 0.25) is 0 Å². The SMILES string of the molecule is CC(=O)c1ccc(-c2ccc(N)cc2)o1.O=C(O)c1ccc(-c2ccc([N+](=O)[O-])cc2)o1. The molecule has 0 bridgehead atoms. The predicted octanol–water partition coefficient (Wildman–Crippen LogP) is 5.28. The zero-order valence-electron chi connectivity index (χ0n) is 16.8. The molecular weight excluding hydrogens is 416 g/mol. The lowest BCUT2D eigenvalue weighted by Gasteiger charge is -1.97. The Morgan fingerprint density at radius 1 is 0.812 bits per heavy atom. The van der Waals surface area contributed by atoms with Gasteiger partial charge in [0.1, 0.15) is 11.5 Å². The van der Waals surface area contributed by atoms with Crippen LogP contribution < -0.4 is 5.73 Å². The molecule has 0 aliphatic carbocycles.